The monoisotopic (exact) mass is 406 g/mol. The zero-order valence-corrected chi connectivity index (χ0v) is 16.3. The molecule has 0 aliphatic rings. The largest absolute Gasteiger partial charge is 0.481 e. The molecule has 0 aromatic carbocycles. The second kappa shape index (κ2) is 14.2. The van der Waals surface area contributed by atoms with Crippen molar-refractivity contribution >= 4 is 35.5 Å². The van der Waals surface area contributed by atoms with Gasteiger partial charge in [-0.2, -0.15) is 11.8 Å². The van der Waals surface area contributed by atoms with Gasteiger partial charge < -0.3 is 32.3 Å². The quantitative estimate of drug-likeness (QED) is 0.188. The fourth-order valence-corrected chi connectivity index (χ4v) is 2.70. The van der Waals surface area contributed by atoms with Gasteiger partial charge in [-0.3, -0.25) is 14.4 Å². The lowest BCUT2D eigenvalue weighted by Crippen LogP contribution is -2.54. The highest BCUT2D eigenvalue weighted by atomic mass is 32.2. The molecule has 0 aliphatic heterocycles. The number of carboxylic acid groups (broad SMARTS) is 2. The summed E-state index contributed by atoms with van der Waals surface area (Å²) in [6.07, 6.45) is 3.14. The molecule has 156 valence electrons. The smallest absolute Gasteiger partial charge is 0.326 e. The summed E-state index contributed by atoms with van der Waals surface area (Å²) in [7, 11) is 0. The Morgan fingerprint density at radius 1 is 0.963 bits per heavy atom. The number of hydrogen-bond donors (Lipinski definition) is 6. The molecule has 0 bridgehead atoms. The summed E-state index contributed by atoms with van der Waals surface area (Å²) in [5.74, 6) is -2.99. The minimum atomic E-state index is -1.35. The summed E-state index contributed by atoms with van der Waals surface area (Å²) in [4.78, 5) is 46.5. The molecular formula is C16H30N4O6S. The molecule has 0 spiro atoms. The molecule has 0 rings (SSSR count). The number of carboxylic acids is 2. The fourth-order valence-electron chi connectivity index (χ4n) is 2.21. The lowest BCUT2D eigenvalue weighted by atomic mass is 10.1. The average molecular weight is 407 g/mol. The number of nitrogens with one attached hydrogen (secondary N) is 2. The molecule has 0 aromatic rings. The van der Waals surface area contributed by atoms with Crippen molar-refractivity contribution in [1.29, 1.82) is 0 Å². The van der Waals surface area contributed by atoms with Crippen molar-refractivity contribution in [2.75, 3.05) is 18.6 Å². The molecule has 2 amide bonds. The lowest BCUT2D eigenvalue weighted by Gasteiger charge is -2.22. The van der Waals surface area contributed by atoms with E-state index in [1.54, 1.807) is 11.8 Å². The van der Waals surface area contributed by atoms with Gasteiger partial charge in [0.15, 0.2) is 0 Å². The molecule has 8 N–H and O–H groups in total. The Morgan fingerprint density at radius 2 is 1.59 bits per heavy atom. The Labute approximate surface area is 162 Å². The second-order valence-electron chi connectivity index (χ2n) is 6.07. The average Bonchev–Trinajstić information content (AvgIpc) is 2.61. The standard InChI is InChI=1S/C16H30N4O6S/c1-27-9-7-10(18)14(23)19-11(4-2-3-8-17)15(24)20-12(16(25)26)5-6-13(21)22/h10-12H,2-9,17-18H2,1H3,(H,19,23)(H,20,24)(H,21,22)(H,25,26)/t10-,11-,12-/m0/s1. The lowest BCUT2D eigenvalue weighted by molar-refractivity contribution is -0.143. The molecule has 0 unspecified atom stereocenters. The van der Waals surface area contributed by atoms with E-state index in [4.69, 9.17) is 21.7 Å². The molecular weight excluding hydrogens is 376 g/mol. The van der Waals surface area contributed by atoms with E-state index in [9.17, 15) is 19.2 Å². The molecule has 0 saturated carbocycles. The van der Waals surface area contributed by atoms with Gasteiger partial charge in [-0.05, 0) is 50.7 Å². The first-order chi connectivity index (χ1) is 12.7. The molecule has 27 heavy (non-hydrogen) atoms. The van der Waals surface area contributed by atoms with Crippen molar-refractivity contribution < 1.29 is 29.4 Å². The Balaban J connectivity index is 4.96. The van der Waals surface area contributed by atoms with Crippen LogP contribution >= 0.6 is 11.8 Å². The van der Waals surface area contributed by atoms with Crippen molar-refractivity contribution in [3.63, 3.8) is 0 Å². The maximum absolute atomic E-state index is 12.5. The Bertz CT molecular complexity index is 505. The summed E-state index contributed by atoms with van der Waals surface area (Å²) in [5.41, 5.74) is 11.2. The molecule has 0 aliphatic carbocycles. The van der Waals surface area contributed by atoms with Crippen LogP contribution in [0.3, 0.4) is 0 Å². The predicted octanol–water partition coefficient (Wildman–Crippen LogP) is -0.885. The maximum Gasteiger partial charge on any atom is 0.326 e. The van der Waals surface area contributed by atoms with Crippen molar-refractivity contribution in [2.45, 2.75) is 56.7 Å². The molecule has 11 heteroatoms. The van der Waals surface area contributed by atoms with Gasteiger partial charge in [0.05, 0.1) is 6.04 Å². The van der Waals surface area contributed by atoms with Crippen LogP contribution in [0.1, 0.15) is 38.5 Å². The van der Waals surface area contributed by atoms with Gasteiger partial charge in [0.2, 0.25) is 11.8 Å². The predicted molar refractivity (Wildman–Crippen MR) is 102 cm³/mol. The van der Waals surface area contributed by atoms with Crippen LogP contribution in [-0.4, -0.2) is 70.6 Å². The maximum atomic E-state index is 12.5. The van der Waals surface area contributed by atoms with Crippen LogP contribution in [0.2, 0.25) is 0 Å². The minimum absolute atomic E-state index is 0.257. The number of carbonyl (C=O) groups is 4. The van der Waals surface area contributed by atoms with Gasteiger partial charge in [0, 0.05) is 6.42 Å². The fraction of sp³-hybridized carbons (Fsp3) is 0.750. The van der Waals surface area contributed by atoms with E-state index in [1.165, 1.54) is 0 Å². The number of nitrogens with two attached hydrogens (primary N) is 2. The number of hydrogen-bond acceptors (Lipinski definition) is 7. The van der Waals surface area contributed by atoms with Crippen LogP contribution in [0.15, 0.2) is 0 Å². The zero-order valence-electron chi connectivity index (χ0n) is 15.5. The van der Waals surface area contributed by atoms with E-state index >= 15 is 0 Å². The first kappa shape index (κ1) is 25.1. The van der Waals surface area contributed by atoms with E-state index < -0.39 is 48.3 Å². The van der Waals surface area contributed by atoms with Crippen LogP contribution in [-0.2, 0) is 19.2 Å². The third-order valence-corrected chi connectivity index (χ3v) is 4.46. The van der Waals surface area contributed by atoms with Gasteiger partial charge in [-0.25, -0.2) is 4.79 Å². The molecule has 0 aromatic heterocycles. The number of carbonyl (C=O) groups excluding carboxylic acids is 2. The number of thioether (sulfide) groups is 1. The van der Waals surface area contributed by atoms with Gasteiger partial charge >= 0.3 is 11.9 Å². The van der Waals surface area contributed by atoms with Gasteiger partial charge in [-0.1, -0.05) is 0 Å². The van der Waals surface area contributed by atoms with E-state index in [0.717, 1.165) is 0 Å². The third-order valence-electron chi connectivity index (χ3n) is 3.81. The number of aliphatic carboxylic acids is 2. The third kappa shape index (κ3) is 11.5. The van der Waals surface area contributed by atoms with Crippen molar-refractivity contribution in [3.05, 3.63) is 0 Å². The number of amides is 2. The van der Waals surface area contributed by atoms with Crippen LogP contribution in [0, 0.1) is 0 Å². The van der Waals surface area contributed by atoms with Crippen LogP contribution in [0.25, 0.3) is 0 Å². The second-order valence-corrected chi connectivity index (χ2v) is 7.05. The summed E-state index contributed by atoms with van der Waals surface area (Å²) in [6, 6.07) is -3.09. The molecule has 0 radical (unpaired) electrons. The highest BCUT2D eigenvalue weighted by Crippen LogP contribution is 2.06. The normalized spacial score (nSPS) is 14.0. The zero-order chi connectivity index (χ0) is 20.8. The first-order valence-electron chi connectivity index (χ1n) is 8.72. The summed E-state index contributed by atoms with van der Waals surface area (Å²) in [6.45, 7) is 0.423. The SMILES string of the molecule is CSCC[C@H](N)C(=O)N[C@@H](CCCCN)C(=O)N[C@@H](CCC(=O)O)C(=O)O. The highest BCUT2D eigenvalue weighted by Gasteiger charge is 2.27. The van der Waals surface area contributed by atoms with Gasteiger partial charge in [0.25, 0.3) is 0 Å². The topological polar surface area (TPSA) is 185 Å². The van der Waals surface area contributed by atoms with E-state index in [-0.39, 0.29) is 12.8 Å². The Morgan fingerprint density at radius 3 is 2.11 bits per heavy atom. The van der Waals surface area contributed by atoms with E-state index in [1.807, 2.05) is 6.26 Å². The summed E-state index contributed by atoms with van der Waals surface area (Å²) in [5, 5.41) is 22.7. The molecule has 0 fully saturated rings. The van der Waals surface area contributed by atoms with Gasteiger partial charge in [-0.15, -0.1) is 0 Å². The summed E-state index contributed by atoms with van der Waals surface area (Å²) >= 11 is 1.54. The molecule has 10 nitrogen and oxygen atoms in total. The Kier molecular flexibility index (Phi) is 13.3. The highest BCUT2D eigenvalue weighted by molar-refractivity contribution is 7.98. The van der Waals surface area contributed by atoms with Crippen molar-refractivity contribution in [1.82, 2.24) is 10.6 Å². The Hall–Kier alpha value is -1.85. The number of unbranched alkanes of at least 4 members (excludes halogenated alkanes) is 1. The van der Waals surface area contributed by atoms with Gasteiger partial charge in [0.1, 0.15) is 12.1 Å². The van der Waals surface area contributed by atoms with Crippen molar-refractivity contribution in [2.24, 2.45) is 11.5 Å². The molecule has 0 heterocycles. The van der Waals surface area contributed by atoms with Crippen LogP contribution in [0.4, 0.5) is 0 Å². The van der Waals surface area contributed by atoms with Crippen molar-refractivity contribution in [3.8, 4) is 0 Å². The minimum Gasteiger partial charge on any atom is -0.481 e. The number of rotatable bonds is 15. The van der Waals surface area contributed by atoms with Crippen LogP contribution < -0.4 is 22.1 Å². The molecule has 3 atom stereocenters. The van der Waals surface area contributed by atoms with E-state index in [2.05, 4.69) is 10.6 Å². The van der Waals surface area contributed by atoms with E-state index in [0.29, 0.717) is 31.6 Å². The first-order valence-corrected chi connectivity index (χ1v) is 10.1. The summed E-state index contributed by atoms with van der Waals surface area (Å²) < 4.78 is 0. The molecule has 0 saturated heterocycles. The van der Waals surface area contributed by atoms with Crippen LogP contribution in [0.5, 0.6) is 0 Å².